The van der Waals surface area contributed by atoms with Crippen molar-refractivity contribution in [3.05, 3.63) is 58.8 Å². The SMILES string of the molecule is CC(=O)c1cc(C(=O)NCc2ccc3c(c2)CC(=O)CO3)nc2c(F)cnn12.NCC12CC3CC(CC(C3)C1)C2. The minimum Gasteiger partial charge on any atom is -0.486 e. The predicted octanol–water partition coefficient (Wildman–Crippen LogP) is 3.67. The molecule has 5 aliphatic rings. The van der Waals surface area contributed by atoms with Crippen molar-refractivity contribution in [2.75, 3.05) is 13.2 Å². The second-order valence-electron chi connectivity index (χ2n) is 12.1. The van der Waals surface area contributed by atoms with Crippen LogP contribution in [0.3, 0.4) is 0 Å². The third kappa shape index (κ3) is 5.12. The summed E-state index contributed by atoms with van der Waals surface area (Å²) in [5.74, 6) is 2.20. The van der Waals surface area contributed by atoms with E-state index in [0.717, 1.165) is 46.1 Å². The summed E-state index contributed by atoms with van der Waals surface area (Å²) in [6.45, 7) is 2.51. The lowest BCUT2D eigenvalue weighted by Crippen LogP contribution is -2.49. The average molecular weight is 548 g/mol. The summed E-state index contributed by atoms with van der Waals surface area (Å²) in [6, 6.07) is 6.60. The van der Waals surface area contributed by atoms with Gasteiger partial charge < -0.3 is 15.8 Å². The number of rotatable bonds is 5. The second-order valence-corrected chi connectivity index (χ2v) is 12.1. The van der Waals surface area contributed by atoms with E-state index in [2.05, 4.69) is 15.4 Å². The van der Waals surface area contributed by atoms with Gasteiger partial charge in [0.2, 0.25) is 0 Å². The topological polar surface area (TPSA) is 129 Å². The predicted molar refractivity (Wildman–Crippen MR) is 144 cm³/mol. The van der Waals surface area contributed by atoms with Crippen LogP contribution in [0.2, 0.25) is 0 Å². The number of carbonyl (C=O) groups is 3. The Bertz CT molecular complexity index is 1460. The van der Waals surface area contributed by atoms with Crippen molar-refractivity contribution in [1.29, 1.82) is 0 Å². The first-order chi connectivity index (χ1) is 19.2. The molecule has 0 unspecified atom stereocenters. The minimum absolute atomic E-state index is 0.00853. The summed E-state index contributed by atoms with van der Waals surface area (Å²) >= 11 is 0. The number of ether oxygens (including phenoxy) is 1. The number of nitrogens with one attached hydrogen (secondary N) is 1. The molecule has 0 radical (unpaired) electrons. The molecule has 3 aromatic rings. The van der Waals surface area contributed by atoms with Crippen LogP contribution in [0.5, 0.6) is 5.75 Å². The molecule has 0 saturated heterocycles. The average Bonchev–Trinajstić information content (AvgIpc) is 3.31. The minimum atomic E-state index is -0.725. The number of aromatic nitrogens is 3. The quantitative estimate of drug-likeness (QED) is 0.467. The summed E-state index contributed by atoms with van der Waals surface area (Å²) in [4.78, 5) is 39.8. The number of carbonyl (C=O) groups excluding carboxylic acids is 3. The number of hydrogen-bond donors (Lipinski definition) is 2. The number of ketones is 2. The summed E-state index contributed by atoms with van der Waals surface area (Å²) in [5, 5.41) is 6.45. The van der Waals surface area contributed by atoms with Crippen molar-refractivity contribution in [2.24, 2.45) is 28.9 Å². The fraction of sp³-hybridized carbons (Fsp3) is 0.500. The van der Waals surface area contributed by atoms with Gasteiger partial charge >= 0.3 is 0 Å². The molecule has 4 aliphatic carbocycles. The number of Topliss-reactive ketones (excluding diaryl/α,β-unsaturated/α-hetero) is 2. The number of nitrogens with two attached hydrogens (primary N) is 1. The first kappa shape index (κ1) is 26.6. The molecule has 10 heteroatoms. The number of halogens is 1. The van der Waals surface area contributed by atoms with Gasteiger partial charge in [0.25, 0.3) is 5.91 Å². The highest BCUT2D eigenvalue weighted by Crippen LogP contribution is 2.59. The Kier molecular flexibility index (Phi) is 6.90. The van der Waals surface area contributed by atoms with Gasteiger partial charge in [0, 0.05) is 25.5 Å². The van der Waals surface area contributed by atoms with E-state index in [9.17, 15) is 18.8 Å². The van der Waals surface area contributed by atoms with E-state index in [1.165, 1.54) is 51.5 Å². The van der Waals surface area contributed by atoms with Crippen LogP contribution in [-0.2, 0) is 17.8 Å². The normalized spacial score (nSPS) is 26.1. The van der Waals surface area contributed by atoms with Gasteiger partial charge in [-0.3, -0.25) is 14.4 Å². The van der Waals surface area contributed by atoms with Gasteiger partial charge in [0.15, 0.2) is 23.0 Å². The van der Waals surface area contributed by atoms with Crippen molar-refractivity contribution in [1.82, 2.24) is 19.9 Å². The van der Waals surface area contributed by atoms with E-state index in [4.69, 9.17) is 10.5 Å². The Labute approximate surface area is 231 Å². The molecule has 9 nitrogen and oxygen atoms in total. The maximum Gasteiger partial charge on any atom is 0.270 e. The van der Waals surface area contributed by atoms with Gasteiger partial charge in [0.1, 0.15) is 23.7 Å². The monoisotopic (exact) mass is 547 g/mol. The third-order valence-electron chi connectivity index (χ3n) is 8.97. The summed E-state index contributed by atoms with van der Waals surface area (Å²) in [5.41, 5.74) is 7.86. The zero-order chi connectivity index (χ0) is 28.0. The Morgan fingerprint density at radius 2 is 1.85 bits per heavy atom. The number of fused-ring (bicyclic) bond motifs is 2. The van der Waals surface area contributed by atoms with Crippen LogP contribution in [0.25, 0.3) is 5.65 Å². The van der Waals surface area contributed by atoms with Crippen LogP contribution < -0.4 is 15.8 Å². The van der Waals surface area contributed by atoms with Crippen molar-refractivity contribution in [3.8, 4) is 5.75 Å². The molecule has 8 rings (SSSR count). The van der Waals surface area contributed by atoms with Gasteiger partial charge in [-0.2, -0.15) is 5.10 Å². The molecule has 210 valence electrons. The van der Waals surface area contributed by atoms with Crippen LogP contribution in [-0.4, -0.2) is 45.2 Å². The van der Waals surface area contributed by atoms with E-state index in [1.54, 1.807) is 18.2 Å². The lowest BCUT2D eigenvalue weighted by atomic mass is 9.50. The van der Waals surface area contributed by atoms with Gasteiger partial charge in [-0.1, -0.05) is 6.07 Å². The zero-order valence-corrected chi connectivity index (χ0v) is 22.6. The molecule has 1 amide bonds. The van der Waals surface area contributed by atoms with E-state index in [0.29, 0.717) is 11.2 Å². The molecule has 4 bridgehead atoms. The largest absolute Gasteiger partial charge is 0.486 e. The molecule has 4 saturated carbocycles. The van der Waals surface area contributed by atoms with Crippen molar-refractivity contribution >= 4 is 23.1 Å². The fourth-order valence-corrected chi connectivity index (χ4v) is 7.56. The maximum atomic E-state index is 13.8. The first-order valence-corrected chi connectivity index (χ1v) is 14.0. The molecule has 3 N–H and O–H groups in total. The Morgan fingerprint density at radius 3 is 2.50 bits per heavy atom. The van der Waals surface area contributed by atoms with Gasteiger partial charge in [-0.05, 0) is 92.0 Å². The Morgan fingerprint density at radius 1 is 1.15 bits per heavy atom. The molecule has 0 spiro atoms. The van der Waals surface area contributed by atoms with E-state index >= 15 is 0 Å². The molecule has 3 heterocycles. The molecule has 2 aromatic heterocycles. The number of amides is 1. The highest BCUT2D eigenvalue weighted by atomic mass is 19.1. The molecular weight excluding hydrogens is 513 g/mol. The number of benzene rings is 1. The maximum absolute atomic E-state index is 13.8. The summed E-state index contributed by atoms with van der Waals surface area (Å²) in [6.07, 6.45) is 10.3. The standard InChI is InChI=1S/C19H15FN4O4.C11H19N/c1-10(25)16-6-15(23-18-14(20)8-22-24(16)18)19(27)21-7-11-2-3-17-12(4-11)5-13(26)9-28-17;12-7-11-4-8-1-9(5-11)3-10(2-8)6-11/h2-4,6,8H,5,7,9H2,1H3,(H,21,27);8-10H,1-7,12H2. The number of nitrogens with zero attached hydrogens (tertiary/aromatic N) is 3. The van der Waals surface area contributed by atoms with Gasteiger partial charge in [-0.25, -0.2) is 13.9 Å². The van der Waals surface area contributed by atoms with E-state index < -0.39 is 11.7 Å². The lowest BCUT2D eigenvalue weighted by Gasteiger charge is -2.56. The molecule has 0 atom stereocenters. The number of hydrogen-bond acceptors (Lipinski definition) is 7. The molecular formula is C30H34FN5O4. The lowest BCUT2D eigenvalue weighted by molar-refractivity contribution is -0.121. The highest BCUT2D eigenvalue weighted by molar-refractivity contribution is 5.98. The third-order valence-corrected chi connectivity index (χ3v) is 8.97. The zero-order valence-electron chi connectivity index (χ0n) is 22.6. The van der Waals surface area contributed by atoms with E-state index in [1.807, 2.05) is 0 Å². The molecule has 40 heavy (non-hydrogen) atoms. The summed E-state index contributed by atoms with van der Waals surface area (Å²) in [7, 11) is 0. The highest BCUT2D eigenvalue weighted by Gasteiger charge is 2.49. The Hall–Kier alpha value is -3.66. The van der Waals surface area contributed by atoms with Crippen LogP contribution in [0.15, 0.2) is 30.5 Å². The fourth-order valence-electron chi connectivity index (χ4n) is 7.56. The smallest absolute Gasteiger partial charge is 0.270 e. The second kappa shape index (κ2) is 10.4. The summed E-state index contributed by atoms with van der Waals surface area (Å²) < 4.78 is 20.3. The molecule has 4 fully saturated rings. The van der Waals surface area contributed by atoms with Gasteiger partial charge in [-0.15, -0.1) is 0 Å². The van der Waals surface area contributed by atoms with Crippen LogP contribution >= 0.6 is 0 Å². The first-order valence-electron chi connectivity index (χ1n) is 14.0. The van der Waals surface area contributed by atoms with Crippen LogP contribution in [0.4, 0.5) is 4.39 Å². The van der Waals surface area contributed by atoms with Crippen LogP contribution in [0.1, 0.15) is 77.6 Å². The van der Waals surface area contributed by atoms with Crippen molar-refractivity contribution < 1.29 is 23.5 Å². The molecule has 1 aromatic carbocycles. The van der Waals surface area contributed by atoms with Crippen molar-refractivity contribution in [3.63, 3.8) is 0 Å². The van der Waals surface area contributed by atoms with Crippen LogP contribution in [0, 0.1) is 29.0 Å². The van der Waals surface area contributed by atoms with Crippen molar-refractivity contribution in [2.45, 2.75) is 58.4 Å². The van der Waals surface area contributed by atoms with E-state index in [-0.39, 0.29) is 48.2 Å². The van der Waals surface area contributed by atoms with Gasteiger partial charge in [0.05, 0.1) is 6.20 Å². The molecule has 1 aliphatic heterocycles. The Balaban J connectivity index is 0.000000198.